The van der Waals surface area contributed by atoms with Crippen molar-refractivity contribution in [3.63, 3.8) is 0 Å². The van der Waals surface area contributed by atoms with E-state index in [1.165, 1.54) is 5.56 Å². The molecule has 0 bridgehead atoms. The zero-order valence-electron chi connectivity index (χ0n) is 6.81. The zero-order valence-corrected chi connectivity index (χ0v) is 7.63. The Hall–Kier alpha value is -0.760. The fourth-order valence-corrected chi connectivity index (χ4v) is 2.13. The Bertz CT molecular complexity index is 260. The van der Waals surface area contributed by atoms with Crippen molar-refractivity contribution in [2.75, 3.05) is 6.54 Å². The van der Waals surface area contributed by atoms with E-state index >= 15 is 0 Å². The van der Waals surface area contributed by atoms with E-state index < -0.39 is 0 Å². The van der Waals surface area contributed by atoms with Gasteiger partial charge in [0.15, 0.2) is 0 Å². The summed E-state index contributed by atoms with van der Waals surface area (Å²) in [6.07, 6.45) is 1.14. The number of nitrogens with zero attached hydrogens (tertiary/aromatic N) is 1. The molecule has 1 aliphatic heterocycles. The molecule has 1 aliphatic rings. The van der Waals surface area contributed by atoms with Crippen LogP contribution in [0.3, 0.4) is 0 Å². The predicted molar refractivity (Wildman–Crippen MR) is 54.9 cm³/mol. The zero-order chi connectivity index (χ0) is 8.23. The molecule has 1 heterocycles. The van der Waals surface area contributed by atoms with Crippen LogP contribution in [0.5, 0.6) is 0 Å². The summed E-state index contributed by atoms with van der Waals surface area (Å²) < 4.78 is 0. The van der Waals surface area contributed by atoms with Crippen LogP contribution in [0.1, 0.15) is 5.56 Å². The molecule has 0 radical (unpaired) electrons. The van der Waals surface area contributed by atoms with Crippen LogP contribution in [0.2, 0.25) is 0 Å². The van der Waals surface area contributed by atoms with Gasteiger partial charge < -0.3 is 0 Å². The molecule has 0 saturated carbocycles. The van der Waals surface area contributed by atoms with Gasteiger partial charge in [-0.1, -0.05) is 30.3 Å². The second-order valence-electron chi connectivity index (χ2n) is 2.92. The topological polar surface area (TPSA) is 12.4 Å². The Morgan fingerprint density at radius 1 is 1.33 bits per heavy atom. The first-order chi connectivity index (χ1) is 5.95. The molecule has 1 aromatic rings. The summed E-state index contributed by atoms with van der Waals surface area (Å²) in [7, 11) is 0. The van der Waals surface area contributed by atoms with Crippen molar-refractivity contribution in [1.29, 1.82) is 0 Å². The highest BCUT2D eigenvalue weighted by Crippen LogP contribution is 2.19. The lowest BCUT2D eigenvalue weighted by Crippen LogP contribution is -2.06. The maximum absolute atomic E-state index is 4.20. The Kier molecular flexibility index (Phi) is 2.47. The Labute approximate surface area is 76.9 Å². The minimum Gasteiger partial charge on any atom is -0.285 e. The van der Waals surface area contributed by atoms with Crippen LogP contribution in [0.25, 0.3) is 0 Å². The minimum absolute atomic E-state index is 0.674. The van der Waals surface area contributed by atoms with Crippen LogP contribution < -0.4 is 0 Å². The summed E-state index contributed by atoms with van der Waals surface area (Å²) in [5.74, 6) is 0. The number of benzene rings is 1. The molecule has 0 spiro atoms. The quantitative estimate of drug-likeness (QED) is 0.675. The maximum atomic E-state index is 4.20. The molecule has 0 aromatic heterocycles. The lowest BCUT2D eigenvalue weighted by Gasteiger charge is -2.05. The monoisotopic (exact) mass is 177 g/mol. The second-order valence-corrected chi connectivity index (χ2v) is 4.07. The van der Waals surface area contributed by atoms with Crippen LogP contribution in [-0.2, 0) is 6.42 Å². The van der Waals surface area contributed by atoms with Crippen molar-refractivity contribution in [1.82, 2.24) is 0 Å². The molecule has 0 aliphatic carbocycles. The second kappa shape index (κ2) is 3.76. The van der Waals surface area contributed by atoms with Gasteiger partial charge in [-0.3, -0.25) is 4.99 Å². The van der Waals surface area contributed by atoms with Gasteiger partial charge in [0.05, 0.1) is 12.1 Å². The summed E-state index contributed by atoms with van der Waals surface area (Å²) in [6.45, 7) is 0.986. The normalized spacial score (nSPS) is 21.5. The molecular formula is C10H11NS. The van der Waals surface area contributed by atoms with Crippen molar-refractivity contribution >= 4 is 17.3 Å². The molecule has 0 N–H and O–H groups in total. The lowest BCUT2D eigenvalue weighted by atomic mass is 10.1. The van der Waals surface area contributed by atoms with Crippen LogP contribution in [-0.4, -0.2) is 17.3 Å². The van der Waals surface area contributed by atoms with Gasteiger partial charge >= 0.3 is 0 Å². The van der Waals surface area contributed by atoms with Gasteiger partial charge in [-0.15, -0.1) is 11.8 Å². The largest absolute Gasteiger partial charge is 0.285 e. The SMILES string of the molecule is C1=NCC(Cc2ccccc2)S1. The highest BCUT2D eigenvalue weighted by molar-refractivity contribution is 8.12. The first kappa shape index (κ1) is 7.87. The van der Waals surface area contributed by atoms with Crippen LogP contribution >= 0.6 is 11.8 Å². The summed E-state index contributed by atoms with van der Waals surface area (Å²) in [6, 6.07) is 10.6. The highest BCUT2D eigenvalue weighted by atomic mass is 32.2. The summed E-state index contributed by atoms with van der Waals surface area (Å²) >= 11 is 1.85. The lowest BCUT2D eigenvalue weighted by molar-refractivity contribution is 0.871. The molecule has 62 valence electrons. The molecule has 0 amide bonds. The number of hydrogen-bond donors (Lipinski definition) is 0. The number of aliphatic imine (C=N–C) groups is 1. The highest BCUT2D eigenvalue weighted by Gasteiger charge is 2.11. The fourth-order valence-electron chi connectivity index (χ4n) is 1.32. The van der Waals surface area contributed by atoms with Crippen molar-refractivity contribution < 1.29 is 0 Å². The Morgan fingerprint density at radius 3 is 2.83 bits per heavy atom. The number of rotatable bonds is 2. The molecule has 12 heavy (non-hydrogen) atoms. The third-order valence-electron chi connectivity index (χ3n) is 1.94. The smallest absolute Gasteiger partial charge is 0.0545 e. The fraction of sp³-hybridized carbons (Fsp3) is 0.300. The van der Waals surface area contributed by atoms with E-state index in [0.29, 0.717) is 5.25 Å². The molecule has 2 heteroatoms. The first-order valence-corrected chi connectivity index (χ1v) is 5.07. The summed E-state index contributed by atoms with van der Waals surface area (Å²) in [5, 5.41) is 0.674. The van der Waals surface area contributed by atoms with E-state index in [2.05, 4.69) is 35.3 Å². The molecule has 1 atom stereocenters. The van der Waals surface area contributed by atoms with Gasteiger partial charge in [0, 0.05) is 5.25 Å². The molecule has 0 saturated heterocycles. The molecule has 1 nitrogen and oxygen atoms in total. The first-order valence-electron chi connectivity index (χ1n) is 4.13. The number of thioether (sulfide) groups is 1. The van der Waals surface area contributed by atoms with Crippen molar-refractivity contribution in [3.05, 3.63) is 35.9 Å². The average molecular weight is 177 g/mol. The predicted octanol–water partition coefficient (Wildman–Crippen LogP) is 2.37. The molecule has 2 rings (SSSR count). The van der Waals surface area contributed by atoms with Gasteiger partial charge in [-0.05, 0) is 12.0 Å². The maximum Gasteiger partial charge on any atom is 0.0545 e. The Balaban J connectivity index is 1.95. The molecule has 1 aromatic carbocycles. The molecule has 1 unspecified atom stereocenters. The number of hydrogen-bond acceptors (Lipinski definition) is 2. The average Bonchev–Trinajstić information content (AvgIpc) is 2.59. The third-order valence-corrected chi connectivity index (χ3v) is 2.91. The van der Waals surface area contributed by atoms with E-state index in [0.717, 1.165) is 13.0 Å². The van der Waals surface area contributed by atoms with Crippen LogP contribution in [0.4, 0.5) is 0 Å². The molecular weight excluding hydrogens is 166 g/mol. The van der Waals surface area contributed by atoms with Gasteiger partial charge in [0.25, 0.3) is 0 Å². The van der Waals surface area contributed by atoms with Gasteiger partial charge in [-0.2, -0.15) is 0 Å². The van der Waals surface area contributed by atoms with Gasteiger partial charge in [0.1, 0.15) is 0 Å². The van der Waals surface area contributed by atoms with Gasteiger partial charge in [0.2, 0.25) is 0 Å². The van der Waals surface area contributed by atoms with E-state index in [-0.39, 0.29) is 0 Å². The van der Waals surface area contributed by atoms with Crippen molar-refractivity contribution in [2.45, 2.75) is 11.7 Å². The summed E-state index contributed by atoms with van der Waals surface area (Å²) in [4.78, 5) is 4.20. The van der Waals surface area contributed by atoms with Crippen molar-refractivity contribution in [2.24, 2.45) is 4.99 Å². The third kappa shape index (κ3) is 1.89. The van der Waals surface area contributed by atoms with E-state index in [1.54, 1.807) is 0 Å². The standard InChI is InChI=1S/C10H11NS/c1-2-4-9(5-3-1)6-10-7-11-8-12-10/h1-5,8,10H,6-7H2. The Morgan fingerprint density at radius 2 is 2.17 bits per heavy atom. The van der Waals surface area contributed by atoms with E-state index in [4.69, 9.17) is 0 Å². The van der Waals surface area contributed by atoms with E-state index in [1.807, 2.05) is 17.3 Å². The summed E-state index contributed by atoms with van der Waals surface area (Å²) in [5.41, 5.74) is 3.38. The van der Waals surface area contributed by atoms with Crippen LogP contribution in [0, 0.1) is 0 Å². The van der Waals surface area contributed by atoms with Crippen molar-refractivity contribution in [3.8, 4) is 0 Å². The van der Waals surface area contributed by atoms with Crippen LogP contribution in [0.15, 0.2) is 35.3 Å². The molecule has 0 fully saturated rings. The minimum atomic E-state index is 0.674. The van der Waals surface area contributed by atoms with Gasteiger partial charge in [-0.25, -0.2) is 0 Å². The van der Waals surface area contributed by atoms with E-state index in [9.17, 15) is 0 Å².